The summed E-state index contributed by atoms with van der Waals surface area (Å²) in [6.07, 6.45) is 0. The Labute approximate surface area is 126 Å². The monoisotopic (exact) mass is 301 g/mol. The summed E-state index contributed by atoms with van der Waals surface area (Å²) in [5, 5.41) is 15.7. The standard InChI is InChI=1S/C14H15N5OS/c1-8-4-6-11(7-5-8)12-15-14(19-17-12)21-9(2)13-18-16-10(3)20-13/h4-7,9H,1-3H3,(H,15,17,19). The van der Waals surface area contributed by atoms with E-state index in [0.717, 1.165) is 11.4 Å². The molecule has 7 heteroatoms. The third-order valence-corrected chi connectivity index (χ3v) is 3.91. The number of hydrogen-bond donors (Lipinski definition) is 1. The van der Waals surface area contributed by atoms with E-state index in [4.69, 9.17) is 4.42 Å². The van der Waals surface area contributed by atoms with Gasteiger partial charge < -0.3 is 4.42 Å². The largest absolute Gasteiger partial charge is 0.424 e. The van der Waals surface area contributed by atoms with Crippen LogP contribution in [0.5, 0.6) is 0 Å². The van der Waals surface area contributed by atoms with Gasteiger partial charge in [0.25, 0.3) is 0 Å². The molecule has 2 aromatic heterocycles. The Bertz CT molecular complexity index is 734. The molecule has 3 rings (SSSR count). The van der Waals surface area contributed by atoms with Gasteiger partial charge in [0.15, 0.2) is 5.82 Å². The maximum atomic E-state index is 5.41. The Morgan fingerprint density at radius 2 is 1.90 bits per heavy atom. The number of aromatic amines is 1. The second kappa shape index (κ2) is 5.69. The van der Waals surface area contributed by atoms with E-state index in [-0.39, 0.29) is 5.25 Å². The fraction of sp³-hybridized carbons (Fsp3) is 0.286. The molecule has 1 atom stereocenters. The average molecular weight is 301 g/mol. The fourth-order valence-electron chi connectivity index (χ4n) is 1.82. The number of nitrogens with one attached hydrogen (secondary N) is 1. The van der Waals surface area contributed by atoms with E-state index in [1.165, 1.54) is 17.3 Å². The number of aryl methyl sites for hydroxylation is 2. The topological polar surface area (TPSA) is 80.5 Å². The Balaban J connectivity index is 1.74. The SMILES string of the molecule is Cc1ccc(-c2nc(SC(C)c3nnc(C)o3)n[nH]2)cc1. The number of benzene rings is 1. The Morgan fingerprint density at radius 1 is 1.14 bits per heavy atom. The van der Waals surface area contributed by atoms with Crippen molar-refractivity contribution in [1.82, 2.24) is 25.4 Å². The molecule has 1 N–H and O–H groups in total. The van der Waals surface area contributed by atoms with Gasteiger partial charge in [-0.15, -0.1) is 15.3 Å². The number of thioether (sulfide) groups is 1. The van der Waals surface area contributed by atoms with E-state index in [1.54, 1.807) is 6.92 Å². The molecule has 1 aromatic carbocycles. The second-order valence-electron chi connectivity index (χ2n) is 4.75. The maximum absolute atomic E-state index is 5.41. The molecule has 0 radical (unpaired) electrons. The van der Waals surface area contributed by atoms with Crippen molar-refractivity contribution in [2.45, 2.75) is 31.2 Å². The predicted molar refractivity (Wildman–Crippen MR) is 79.9 cm³/mol. The van der Waals surface area contributed by atoms with Crippen molar-refractivity contribution >= 4 is 11.8 Å². The van der Waals surface area contributed by atoms with E-state index in [9.17, 15) is 0 Å². The molecule has 0 fully saturated rings. The van der Waals surface area contributed by atoms with Gasteiger partial charge in [0.1, 0.15) is 0 Å². The number of hydrogen-bond acceptors (Lipinski definition) is 6. The lowest BCUT2D eigenvalue weighted by atomic mass is 10.1. The van der Waals surface area contributed by atoms with Crippen LogP contribution in [0.25, 0.3) is 11.4 Å². The highest BCUT2D eigenvalue weighted by Crippen LogP contribution is 2.32. The summed E-state index contributed by atoms with van der Waals surface area (Å²) in [7, 11) is 0. The minimum atomic E-state index is 0.00729. The van der Waals surface area contributed by atoms with Crippen molar-refractivity contribution in [3.63, 3.8) is 0 Å². The highest BCUT2D eigenvalue weighted by molar-refractivity contribution is 7.99. The third kappa shape index (κ3) is 3.13. The molecular formula is C14H15N5OS. The smallest absolute Gasteiger partial charge is 0.229 e. The Kier molecular flexibility index (Phi) is 3.74. The van der Waals surface area contributed by atoms with Crippen LogP contribution in [0.4, 0.5) is 0 Å². The normalized spacial score (nSPS) is 12.5. The van der Waals surface area contributed by atoms with Gasteiger partial charge in [-0.05, 0) is 13.8 Å². The van der Waals surface area contributed by atoms with Crippen molar-refractivity contribution < 1.29 is 4.42 Å². The molecule has 0 saturated heterocycles. The van der Waals surface area contributed by atoms with Gasteiger partial charge in [0.05, 0.1) is 5.25 Å². The molecule has 1 unspecified atom stereocenters. The molecule has 108 valence electrons. The lowest BCUT2D eigenvalue weighted by molar-refractivity contribution is 0.470. The van der Waals surface area contributed by atoms with Crippen LogP contribution in [0.2, 0.25) is 0 Å². The van der Waals surface area contributed by atoms with Crippen LogP contribution >= 0.6 is 11.8 Å². The lowest BCUT2D eigenvalue weighted by Crippen LogP contribution is -1.89. The maximum Gasteiger partial charge on any atom is 0.229 e. The van der Waals surface area contributed by atoms with Crippen LogP contribution in [0.1, 0.15) is 29.5 Å². The molecule has 0 saturated carbocycles. The van der Waals surface area contributed by atoms with Crippen LogP contribution < -0.4 is 0 Å². The highest BCUT2D eigenvalue weighted by atomic mass is 32.2. The first-order valence-corrected chi connectivity index (χ1v) is 7.46. The van der Waals surface area contributed by atoms with Gasteiger partial charge in [-0.3, -0.25) is 5.10 Å². The summed E-state index contributed by atoms with van der Waals surface area (Å²) in [5.41, 5.74) is 2.23. The van der Waals surface area contributed by atoms with Crippen LogP contribution in [0, 0.1) is 13.8 Å². The number of H-pyrrole nitrogens is 1. The second-order valence-corrected chi connectivity index (χ2v) is 6.06. The van der Waals surface area contributed by atoms with Gasteiger partial charge in [0, 0.05) is 12.5 Å². The van der Waals surface area contributed by atoms with Crippen molar-refractivity contribution in [3.8, 4) is 11.4 Å². The first kappa shape index (κ1) is 13.8. The van der Waals surface area contributed by atoms with Crippen molar-refractivity contribution in [2.75, 3.05) is 0 Å². The fourth-order valence-corrected chi connectivity index (χ4v) is 2.58. The zero-order valence-electron chi connectivity index (χ0n) is 12.0. The molecule has 0 aliphatic carbocycles. The molecule has 0 bridgehead atoms. The molecule has 0 amide bonds. The highest BCUT2D eigenvalue weighted by Gasteiger charge is 2.17. The van der Waals surface area contributed by atoms with Gasteiger partial charge >= 0.3 is 0 Å². The van der Waals surface area contributed by atoms with Crippen molar-refractivity contribution in [1.29, 1.82) is 0 Å². The van der Waals surface area contributed by atoms with Gasteiger partial charge in [0.2, 0.25) is 16.9 Å². The van der Waals surface area contributed by atoms with Gasteiger partial charge in [-0.1, -0.05) is 41.6 Å². The van der Waals surface area contributed by atoms with E-state index in [2.05, 4.69) is 44.4 Å². The molecular weight excluding hydrogens is 286 g/mol. The van der Waals surface area contributed by atoms with Crippen LogP contribution in [0.3, 0.4) is 0 Å². The number of rotatable bonds is 4. The first-order valence-electron chi connectivity index (χ1n) is 6.58. The van der Waals surface area contributed by atoms with Crippen LogP contribution in [-0.2, 0) is 0 Å². The number of nitrogens with zero attached hydrogens (tertiary/aromatic N) is 4. The third-order valence-electron chi connectivity index (χ3n) is 2.96. The summed E-state index contributed by atoms with van der Waals surface area (Å²) < 4.78 is 5.41. The first-order chi connectivity index (χ1) is 10.1. The molecule has 0 spiro atoms. The van der Waals surface area contributed by atoms with Crippen molar-refractivity contribution in [3.05, 3.63) is 41.6 Å². The van der Waals surface area contributed by atoms with E-state index in [0.29, 0.717) is 16.9 Å². The summed E-state index contributed by atoms with van der Waals surface area (Å²) in [6, 6.07) is 8.15. The molecule has 21 heavy (non-hydrogen) atoms. The molecule has 0 aliphatic rings. The Morgan fingerprint density at radius 3 is 2.57 bits per heavy atom. The van der Waals surface area contributed by atoms with E-state index in [1.807, 2.05) is 19.1 Å². The summed E-state index contributed by atoms with van der Waals surface area (Å²) >= 11 is 1.48. The van der Waals surface area contributed by atoms with E-state index < -0.39 is 0 Å². The zero-order chi connectivity index (χ0) is 14.8. The minimum absolute atomic E-state index is 0.00729. The molecule has 0 aliphatic heterocycles. The minimum Gasteiger partial charge on any atom is -0.424 e. The van der Waals surface area contributed by atoms with Gasteiger partial charge in [-0.2, -0.15) is 0 Å². The lowest BCUT2D eigenvalue weighted by Gasteiger charge is -2.01. The van der Waals surface area contributed by atoms with E-state index >= 15 is 0 Å². The molecule has 3 aromatic rings. The van der Waals surface area contributed by atoms with Crippen LogP contribution in [-0.4, -0.2) is 25.4 Å². The average Bonchev–Trinajstić information content (AvgIpc) is 3.09. The quantitative estimate of drug-likeness (QED) is 0.744. The van der Waals surface area contributed by atoms with Gasteiger partial charge in [-0.25, -0.2) is 4.98 Å². The molecule has 2 heterocycles. The number of aromatic nitrogens is 5. The van der Waals surface area contributed by atoms with Crippen LogP contribution in [0.15, 0.2) is 33.8 Å². The van der Waals surface area contributed by atoms with Crippen molar-refractivity contribution in [2.24, 2.45) is 0 Å². The zero-order valence-corrected chi connectivity index (χ0v) is 12.8. The predicted octanol–water partition coefficient (Wildman–Crippen LogP) is 3.32. The molecule has 6 nitrogen and oxygen atoms in total. The Hall–Kier alpha value is -2.15. The summed E-state index contributed by atoms with van der Waals surface area (Å²) in [6.45, 7) is 5.81. The summed E-state index contributed by atoms with van der Waals surface area (Å²) in [5.74, 6) is 1.90. The summed E-state index contributed by atoms with van der Waals surface area (Å²) in [4.78, 5) is 4.49.